The van der Waals surface area contributed by atoms with Crippen molar-refractivity contribution in [2.45, 2.75) is 18.9 Å². The number of carbonyl (C=O) groups excluding carboxylic acids is 1. The third-order valence-electron chi connectivity index (χ3n) is 1.18. The number of carboxylic acid groups (broad SMARTS) is 1. The van der Waals surface area contributed by atoms with Crippen molar-refractivity contribution in [2.75, 3.05) is 6.79 Å². The Labute approximate surface area is 68.9 Å². The van der Waals surface area contributed by atoms with Gasteiger partial charge in [-0.3, -0.25) is 9.59 Å². The van der Waals surface area contributed by atoms with Crippen LogP contribution in [-0.4, -0.2) is 35.0 Å². The van der Waals surface area contributed by atoms with Crippen molar-refractivity contribution >= 4 is 11.9 Å². The van der Waals surface area contributed by atoms with Crippen LogP contribution in [0.25, 0.3) is 0 Å². The largest absolute Gasteiger partial charge is 0.481 e. The molecule has 6 nitrogen and oxygen atoms in total. The van der Waals surface area contributed by atoms with E-state index in [0.717, 1.165) is 0 Å². The van der Waals surface area contributed by atoms with Gasteiger partial charge in [-0.05, 0) is 6.42 Å². The van der Waals surface area contributed by atoms with Gasteiger partial charge >= 0.3 is 11.9 Å². The highest BCUT2D eigenvalue weighted by molar-refractivity contribution is 5.76. The number of hydrogen-bond acceptors (Lipinski definition) is 5. The molecule has 0 amide bonds. The molecule has 0 heterocycles. The Morgan fingerprint density at radius 3 is 2.50 bits per heavy atom. The number of carbonyl (C=O) groups is 2. The first-order valence-corrected chi connectivity index (χ1v) is 3.32. The summed E-state index contributed by atoms with van der Waals surface area (Å²) < 4.78 is 4.13. The van der Waals surface area contributed by atoms with E-state index in [-0.39, 0.29) is 12.8 Å². The smallest absolute Gasteiger partial charge is 0.325 e. The maximum atomic E-state index is 10.7. The van der Waals surface area contributed by atoms with Crippen LogP contribution in [0.1, 0.15) is 12.8 Å². The number of aliphatic hydroxyl groups excluding tert-OH is 1. The lowest BCUT2D eigenvalue weighted by atomic mass is 10.2. The van der Waals surface area contributed by atoms with Gasteiger partial charge in [0, 0.05) is 6.42 Å². The second kappa shape index (κ2) is 5.50. The fourth-order valence-corrected chi connectivity index (χ4v) is 0.567. The van der Waals surface area contributed by atoms with E-state index in [2.05, 4.69) is 4.74 Å². The molecule has 0 unspecified atom stereocenters. The van der Waals surface area contributed by atoms with Gasteiger partial charge in [0.1, 0.15) is 6.04 Å². The molecule has 0 aliphatic carbocycles. The Hall–Kier alpha value is -1.14. The number of rotatable bonds is 5. The molecule has 0 aliphatic rings. The number of ether oxygens (including phenoxy) is 1. The highest BCUT2D eigenvalue weighted by Crippen LogP contribution is 1.96. The van der Waals surface area contributed by atoms with Crippen molar-refractivity contribution in [2.24, 2.45) is 5.73 Å². The summed E-state index contributed by atoms with van der Waals surface area (Å²) in [7, 11) is 0. The lowest BCUT2D eigenvalue weighted by Crippen LogP contribution is -2.33. The Morgan fingerprint density at radius 2 is 2.08 bits per heavy atom. The Balaban J connectivity index is 3.63. The highest BCUT2D eigenvalue weighted by Gasteiger charge is 2.15. The summed E-state index contributed by atoms with van der Waals surface area (Å²) in [4.78, 5) is 20.7. The average Bonchev–Trinajstić information content (AvgIpc) is 2.00. The van der Waals surface area contributed by atoms with E-state index in [0.29, 0.717) is 0 Å². The Morgan fingerprint density at radius 1 is 1.50 bits per heavy atom. The van der Waals surface area contributed by atoms with E-state index in [1.54, 1.807) is 0 Å². The van der Waals surface area contributed by atoms with Crippen LogP contribution in [0.4, 0.5) is 0 Å². The normalized spacial score (nSPS) is 12.2. The van der Waals surface area contributed by atoms with Gasteiger partial charge < -0.3 is 20.7 Å². The summed E-state index contributed by atoms with van der Waals surface area (Å²) in [6.07, 6.45) is -0.185. The molecule has 0 bridgehead atoms. The van der Waals surface area contributed by atoms with Gasteiger partial charge in [0.25, 0.3) is 0 Å². The average molecular weight is 177 g/mol. The quantitative estimate of drug-likeness (QED) is 0.354. The standard InChI is InChI=1S/C6H11NO5/c7-4(1-2-5(9)10)6(11)12-3-8/h4,8H,1-3,7H2,(H,9,10)/t4-/m0/s1. The Bertz CT molecular complexity index is 169. The molecule has 0 saturated carbocycles. The number of aliphatic hydroxyl groups is 1. The lowest BCUT2D eigenvalue weighted by Gasteiger charge is -2.07. The van der Waals surface area contributed by atoms with Crippen LogP contribution in [0.5, 0.6) is 0 Å². The highest BCUT2D eigenvalue weighted by atomic mass is 16.6. The van der Waals surface area contributed by atoms with Crippen LogP contribution in [0, 0.1) is 0 Å². The van der Waals surface area contributed by atoms with Gasteiger partial charge in [-0.1, -0.05) is 0 Å². The summed E-state index contributed by atoms with van der Waals surface area (Å²) in [5.74, 6) is -1.82. The SMILES string of the molecule is N[C@@H](CCC(=O)O)C(=O)OCO. The zero-order valence-electron chi connectivity index (χ0n) is 6.40. The molecule has 0 aromatic carbocycles. The van der Waals surface area contributed by atoms with Crippen LogP contribution < -0.4 is 5.73 Å². The third-order valence-corrected chi connectivity index (χ3v) is 1.18. The van der Waals surface area contributed by atoms with Gasteiger partial charge in [0.15, 0.2) is 6.79 Å². The summed E-state index contributed by atoms with van der Waals surface area (Å²) in [5.41, 5.74) is 5.20. The summed E-state index contributed by atoms with van der Waals surface area (Å²) in [6.45, 7) is -0.737. The van der Waals surface area contributed by atoms with Gasteiger partial charge in [0.05, 0.1) is 0 Å². The van der Waals surface area contributed by atoms with E-state index >= 15 is 0 Å². The van der Waals surface area contributed by atoms with Crippen molar-refractivity contribution in [3.05, 3.63) is 0 Å². The molecule has 0 aromatic heterocycles. The molecule has 0 fully saturated rings. The maximum Gasteiger partial charge on any atom is 0.325 e. The molecule has 0 spiro atoms. The monoisotopic (exact) mass is 177 g/mol. The second-order valence-corrected chi connectivity index (χ2v) is 2.13. The van der Waals surface area contributed by atoms with Crippen molar-refractivity contribution in [3.63, 3.8) is 0 Å². The minimum Gasteiger partial charge on any atom is -0.481 e. The predicted octanol–water partition coefficient (Wildman–Crippen LogP) is -1.33. The first-order valence-electron chi connectivity index (χ1n) is 3.32. The Kier molecular flexibility index (Phi) is 4.98. The molecule has 6 heteroatoms. The molecule has 0 rings (SSSR count). The topological polar surface area (TPSA) is 110 Å². The van der Waals surface area contributed by atoms with Crippen LogP contribution in [0.2, 0.25) is 0 Å². The fraction of sp³-hybridized carbons (Fsp3) is 0.667. The molecule has 0 aromatic rings. The number of nitrogens with two attached hydrogens (primary N) is 1. The van der Waals surface area contributed by atoms with Gasteiger partial charge in [-0.2, -0.15) is 0 Å². The first-order chi connectivity index (χ1) is 5.57. The van der Waals surface area contributed by atoms with Crippen LogP contribution >= 0.6 is 0 Å². The molecule has 12 heavy (non-hydrogen) atoms. The number of carboxylic acids is 1. The predicted molar refractivity (Wildman–Crippen MR) is 38.0 cm³/mol. The van der Waals surface area contributed by atoms with Gasteiger partial charge in [-0.25, -0.2) is 0 Å². The molecule has 1 atom stereocenters. The minimum atomic E-state index is -1.03. The van der Waals surface area contributed by atoms with E-state index in [9.17, 15) is 9.59 Å². The number of aliphatic carboxylic acids is 1. The van der Waals surface area contributed by atoms with E-state index < -0.39 is 24.8 Å². The second-order valence-electron chi connectivity index (χ2n) is 2.13. The van der Waals surface area contributed by atoms with Crippen molar-refractivity contribution in [3.8, 4) is 0 Å². The first kappa shape index (κ1) is 10.9. The summed E-state index contributed by atoms with van der Waals surface area (Å²) >= 11 is 0. The zero-order chi connectivity index (χ0) is 9.56. The van der Waals surface area contributed by atoms with E-state index in [1.165, 1.54) is 0 Å². The van der Waals surface area contributed by atoms with E-state index in [4.69, 9.17) is 15.9 Å². The van der Waals surface area contributed by atoms with E-state index in [1.807, 2.05) is 0 Å². The molecular formula is C6H11NO5. The van der Waals surface area contributed by atoms with Crippen molar-refractivity contribution < 1.29 is 24.5 Å². The fourth-order valence-electron chi connectivity index (χ4n) is 0.567. The third kappa shape index (κ3) is 4.64. The number of esters is 1. The van der Waals surface area contributed by atoms with Crippen LogP contribution in [0.3, 0.4) is 0 Å². The molecule has 4 N–H and O–H groups in total. The molecule has 0 saturated heterocycles. The summed E-state index contributed by atoms with van der Waals surface area (Å²) in [5, 5.41) is 16.4. The van der Waals surface area contributed by atoms with Crippen molar-refractivity contribution in [1.29, 1.82) is 0 Å². The molecule has 0 radical (unpaired) electrons. The number of hydrogen-bond donors (Lipinski definition) is 3. The molecular weight excluding hydrogens is 166 g/mol. The minimum absolute atomic E-state index is 0.00810. The zero-order valence-corrected chi connectivity index (χ0v) is 6.40. The van der Waals surface area contributed by atoms with Crippen LogP contribution in [0.15, 0.2) is 0 Å². The van der Waals surface area contributed by atoms with Gasteiger partial charge in [0.2, 0.25) is 0 Å². The summed E-state index contributed by atoms with van der Waals surface area (Å²) in [6, 6.07) is -0.978. The maximum absolute atomic E-state index is 10.7. The van der Waals surface area contributed by atoms with Gasteiger partial charge in [-0.15, -0.1) is 0 Å². The molecule has 0 aliphatic heterocycles. The van der Waals surface area contributed by atoms with Crippen molar-refractivity contribution in [1.82, 2.24) is 0 Å². The molecule has 70 valence electrons. The lowest BCUT2D eigenvalue weighted by molar-refractivity contribution is -0.153. The van der Waals surface area contributed by atoms with Crippen LogP contribution in [-0.2, 0) is 14.3 Å².